The van der Waals surface area contributed by atoms with Crippen molar-refractivity contribution >= 4 is 12.4 Å². The molecule has 0 radical (unpaired) electrons. The van der Waals surface area contributed by atoms with Crippen LogP contribution in [0.25, 0.3) is 6.08 Å². The first-order valence-electron chi connectivity index (χ1n) is 3.69. The van der Waals surface area contributed by atoms with E-state index >= 15 is 0 Å². The minimum atomic E-state index is 0.186. The van der Waals surface area contributed by atoms with Gasteiger partial charge in [0.15, 0.2) is 0 Å². The largest absolute Gasteiger partial charge is 0.507 e. The van der Waals surface area contributed by atoms with Gasteiger partial charge in [-0.15, -0.1) is 0 Å². The quantitative estimate of drug-likeness (QED) is 0.531. The van der Waals surface area contributed by atoms with Crippen molar-refractivity contribution < 1.29 is 15.0 Å². The molecular weight excluding hydrogens is 168 g/mol. The average molecular weight is 180 g/mol. The summed E-state index contributed by atoms with van der Waals surface area (Å²) in [7, 11) is 1.00. The number of allylic oxidation sites excluding steroid dienone is 1. The van der Waals surface area contributed by atoms with Crippen LogP contribution in [-0.2, 0) is 4.79 Å². The number of hydrogen-bond donors (Lipinski definition) is 2. The Kier molecular flexibility index (Phi) is 6.19. The molecule has 0 spiro atoms. The fraction of sp³-hybridized carbons (Fsp3) is 0.100. The zero-order chi connectivity index (χ0) is 10.1. The van der Waals surface area contributed by atoms with E-state index in [1.165, 1.54) is 6.08 Å². The van der Waals surface area contributed by atoms with Crippen LogP contribution >= 0.6 is 0 Å². The van der Waals surface area contributed by atoms with Crippen molar-refractivity contribution in [3.05, 3.63) is 35.9 Å². The van der Waals surface area contributed by atoms with Crippen LogP contribution in [0.2, 0.25) is 0 Å². The molecule has 1 aromatic carbocycles. The Bertz CT molecular complexity index is 279. The number of phenolic OH excluding ortho intramolecular Hbond substituents is 1. The minimum absolute atomic E-state index is 0.186. The van der Waals surface area contributed by atoms with Crippen LogP contribution in [-0.4, -0.2) is 23.6 Å². The smallest absolute Gasteiger partial charge is 0.142 e. The van der Waals surface area contributed by atoms with Crippen LogP contribution in [0.15, 0.2) is 30.3 Å². The zero-order valence-corrected chi connectivity index (χ0v) is 7.34. The summed E-state index contributed by atoms with van der Waals surface area (Å²) in [5, 5.41) is 16.2. The van der Waals surface area contributed by atoms with Gasteiger partial charge in [-0.1, -0.05) is 18.2 Å². The maximum Gasteiger partial charge on any atom is 0.142 e. The average Bonchev–Trinajstić information content (AvgIpc) is 2.20. The molecule has 0 saturated carbocycles. The van der Waals surface area contributed by atoms with Crippen molar-refractivity contribution in [2.75, 3.05) is 7.11 Å². The van der Waals surface area contributed by atoms with Gasteiger partial charge in [0.2, 0.25) is 0 Å². The molecule has 3 nitrogen and oxygen atoms in total. The Labute approximate surface area is 77.0 Å². The number of carbonyl (C=O) groups is 1. The summed E-state index contributed by atoms with van der Waals surface area (Å²) in [5.41, 5.74) is 0.652. The van der Waals surface area contributed by atoms with E-state index in [4.69, 9.17) is 10.2 Å². The first kappa shape index (κ1) is 11.4. The number of aldehydes is 1. The van der Waals surface area contributed by atoms with Crippen LogP contribution < -0.4 is 0 Å². The third kappa shape index (κ3) is 4.08. The molecule has 0 bridgehead atoms. The van der Waals surface area contributed by atoms with E-state index in [0.29, 0.717) is 11.8 Å². The van der Waals surface area contributed by atoms with E-state index in [0.717, 1.165) is 7.11 Å². The van der Waals surface area contributed by atoms with Crippen LogP contribution in [0.1, 0.15) is 5.56 Å². The van der Waals surface area contributed by atoms with Crippen LogP contribution in [0.4, 0.5) is 0 Å². The topological polar surface area (TPSA) is 57.5 Å². The molecule has 0 aliphatic heterocycles. The monoisotopic (exact) mass is 180 g/mol. The second-order valence-electron chi connectivity index (χ2n) is 2.05. The van der Waals surface area contributed by atoms with Gasteiger partial charge in [-0.3, -0.25) is 4.79 Å². The molecule has 3 heteroatoms. The Hall–Kier alpha value is -1.61. The van der Waals surface area contributed by atoms with Crippen LogP contribution in [0.3, 0.4) is 0 Å². The molecule has 70 valence electrons. The fourth-order valence-electron chi connectivity index (χ4n) is 0.771. The third-order valence-corrected chi connectivity index (χ3v) is 1.29. The second kappa shape index (κ2) is 7.06. The molecule has 0 unspecified atom stereocenters. The summed E-state index contributed by atoms with van der Waals surface area (Å²) in [6.07, 6.45) is 3.57. The Morgan fingerprint density at radius 2 is 1.85 bits per heavy atom. The van der Waals surface area contributed by atoms with Crippen molar-refractivity contribution in [2.45, 2.75) is 0 Å². The number of rotatable bonds is 2. The predicted molar refractivity (Wildman–Crippen MR) is 51.3 cm³/mol. The number of aliphatic hydroxyl groups excluding tert-OH is 1. The van der Waals surface area contributed by atoms with Gasteiger partial charge in [0.1, 0.15) is 12.0 Å². The van der Waals surface area contributed by atoms with Crippen molar-refractivity contribution in [2.24, 2.45) is 0 Å². The van der Waals surface area contributed by atoms with Gasteiger partial charge in [-0.2, -0.15) is 0 Å². The SMILES string of the molecule is CO.O=C/C=C/c1ccccc1O. The molecule has 0 amide bonds. The summed E-state index contributed by atoms with van der Waals surface area (Å²) in [6, 6.07) is 6.83. The van der Waals surface area contributed by atoms with Gasteiger partial charge in [-0.25, -0.2) is 0 Å². The summed E-state index contributed by atoms with van der Waals surface area (Å²) in [4.78, 5) is 9.92. The van der Waals surface area contributed by atoms with Crippen molar-refractivity contribution in [3.8, 4) is 5.75 Å². The lowest BCUT2D eigenvalue weighted by molar-refractivity contribution is -0.104. The lowest BCUT2D eigenvalue weighted by atomic mass is 10.2. The highest BCUT2D eigenvalue weighted by atomic mass is 16.3. The van der Waals surface area contributed by atoms with E-state index < -0.39 is 0 Å². The summed E-state index contributed by atoms with van der Waals surface area (Å²) >= 11 is 0. The summed E-state index contributed by atoms with van der Waals surface area (Å²) in [6.45, 7) is 0. The number of benzene rings is 1. The zero-order valence-electron chi connectivity index (χ0n) is 7.34. The van der Waals surface area contributed by atoms with E-state index in [-0.39, 0.29) is 5.75 Å². The van der Waals surface area contributed by atoms with Crippen LogP contribution in [0, 0.1) is 0 Å². The normalized spacial score (nSPS) is 9.08. The first-order valence-corrected chi connectivity index (χ1v) is 3.69. The molecular formula is C10H12O3. The molecule has 0 fully saturated rings. The predicted octanol–water partition coefficient (Wildman–Crippen LogP) is 1.21. The standard InChI is InChI=1S/C9H8O2.CH4O/c10-7-3-5-8-4-1-2-6-9(8)11;1-2/h1-7,11H;2H,1H3/b5-3+;. The molecule has 0 atom stereocenters. The fourth-order valence-corrected chi connectivity index (χ4v) is 0.771. The molecule has 0 aliphatic carbocycles. The number of para-hydroxylation sites is 1. The molecule has 0 aromatic heterocycles. The first-order chi connectivity index (χ1) is 6.34. The highest BCUT2D eigenvalue weighted by Gasteiger charge is 1.91. The number of aliphatic hydroxyl groups is 1. The Balaban J connectivity index is 0.000000671. The van der Waals surface area contributed by atoms with Gasteiger partial charge in [0.25, 0.3) is 0 Å². The highest BCUT2D eigenvalue weighted by Crippen LogP contribution is 2.16. The van der Waals surface area contributed by atoms with E-state index in [2.05, 4.69) is 0 Å². The number of phenols is 1. The van der Waals surface area contributed by atoms with Crippen molar-refractivity contribution in [1.82, 2.24) is 0 Å². The second-order valence-corrected chi connectivity index (χ2v) is 2.05. The van der Waals surface area contributed by atoms with Crippen molar-refractivity contribution in [1.29, 1.82) is 0 Å². The van der Waals surface area contributed by atoms with Gasteiger partial charge >= 0.3 is 0 Å². The van der Waals surface area contributed by atoms with E-state index in [9.17, 15) is 4.79 Å². The third-order valence-electron chi connectivity index (χ3n) is 1.29. The number of aromatic hydroxyl groups is 1. The van der Waals surface area contributed by atoms with Gasteiger partial charge in [0.05, 0.1) is 0 Å². The molecule has 0 saturated heterocycles. The summed E-state index contributed by atoms with van der Waals surface area (Å²) < 4.78 is 0. The maximum absolute atomic E-state index is 9.92. The van der Waals surface area contributed by atoms with Crippen molar-refractivity contribution in [3.63, 3.8) is 0 Å². The van der Waals surface area contributed by atoms with E-state index in [1.54, 1.807) is 30.3 Å². The van der Waals surface area contributed by atoms with E-state index in [1.807, 2.05) is 0 Å². The molecule has 1 aromatic rings. The highest BCUT2D eigenvalue weighted by molar-refractivity contribution is 5.75. The maximum atomic E-state index is 9.92. The molecule has 0 aliphatic rings. The van der Waals surface area contributed by atoms with Gasteiger partial charge < -0.3 is 10.2 Å². The molecule has 13 heavy (non-hydrogen) atoms. The molecule has 2 N–H and O–H groups in total. The minimum Gasteiger partial charge on any atom is -0.507 e. The lowest BCUT2D eigenvalue weighted by Crippen LogP contribution is -1.72. The van der Waals surface area contributed by atoms with Crippen LogP contribution in [0.5, 0.6) is 5.75 Å². The summed E-state index contributed by atoms with van der Waals surface area (Å²) in [5.74, 6) is 0.186. The van der Waals surface area contributed by atoms with Gasteiger partial charge in [-0.05, 0) is 18.2 Å². The number of carbonyl (C=O) groups excluding carboxylic acids is 1. The molecule has 1 rings (SSSR count). The van der Waals surface area contributed by atoms with Gasteiger partial charge in [0, 0.05) is 12.7 Å². The lowest BCUT2D eigenvalue weighted by Gasteiger charge is -1.94. The molecule has 0 heterocycles. The Morgan fingerprint density at radius 1 is 1.23 bits per heavy atom. The Morgan fingerprint density at radius 3 is 2.38 bits per heavy atom. The number of hydrogen-bond acceptors (Lipinski definition) is 3.